The molecule has 1 N–H and O–H groups in total. The van der Waals surface area contributed by atoms with Gasteiger partial charge in [0, 0.05) is 23.1 Å². The minimum absolute atomic E-state index is 0.0622. The van der Waals surface area contributed by atoms with Crippen LogP contribution in [0, 0.1) is 5.92 Å². The highest BCUT2D eigenvalue weighted by Crippen LogP contribution is 2.39. The third-order valence-electron chi connectivity index (χ3n) is 6.87. The molecule has 0 aliphatic heterocycles. The quantitative estimate of drug-likeness (QED) is 0.321. The molecule has 38 heavy (non-hydrogen) atoms. The van der Waals surface area contributed by atoms with Crippen LogP contribution in [0.2, 0.25) is 10.0 Å². The minimum atomic E-state index is -4.83. The molecule has 6 nitrogen and oxygen atoms in total. The van der Waals surface area contributed by atoms with Crippen LogP contribution in [0.1, 0.15) is 58.9 Å². The van der Waals surface area contributed by atoms with Crippen molar-refractivity contribution in [3.63, 3.8) is 0 Å². The van der Waals surface area contributed by atoms with Gasteiger partial charge in [0.25, 0.3) is 5.91 Å². The molecule has 1 aromatic heterocycles. The molecule has 1 aliphatic carbocycles. The fourth-order valence-electron chi connectivity index (χ4n) is 4.84. The monoisotopic (exact) mass is 567 g/mol. The summed E-state index contributed by atoms with van der Waals surface area (Å²) in [5.41, 5.74) is -0.175. The second kappa shape index (κ2) is 11.8. The van der Waals surface area contributed by atoms with Gasteiger partial charge in [0.1, 0.15) is 0 Å². The number of hydrogen-bond donors (Lipinski definition) is 1. The molecule has 202 valence electrons. The van der Waals surface area contributed by atoms with Gasteiger partial charge in [-0.3, -0.25) is 14.3 Å². The van der Waals surface area contributed by atoms with Crippen molar-refractivity contribution in [3.05, 3.63) is 87.2 Å². The molecule has 1 fully saturated rings. The average molecular weight is 568 g/mol. The van der Waals surface area contributed by atoms with Gasteiger partial charge in [0.15, 0.2) is 5.69 Å². The Bertz CT molecular complexity index is 1290. The van der Waals surface area contributed by atoms with Crippen molar-refractivity contribution < 1.29 is 27.9 Å². The van der Waals surface area contributed by atoms with E-state index < -0.39 is 41.3 Å². The van der Waals surface area contributed by atoms with E-state index in [4.69, 9.17) is 23.2 Å². The summed E-state index contributed by atoms with van der Waals surface area (Å²) in [6, 6.07) is 13.2. The molecule has 1 amide bonds. The van der Waals surface area contributed by atoms with Crippen LogP contribution >= 0.6 is 23.2 Å². The summed E-state index contributed by atoms with van der Waals surface area (Å²) in [6.07, 6.45) is -2.55. The SMILES string of the molecule is O=C(c1cnn([C@H]2CC[C@H](C(=O)O)CC2)c1C(F)(F)F)N(CCc1ccccc1Cl)Cc1ccc(Cl)cc1. The molecule has 3 aromatic rings. The van der Waals surface area contributed by atoms with Crippen molar-refractivity contribution in [1.29, 1.82) is 0 Å². The normalized spacial score (nSPS) is 17.8. The molecular formula is C27H26Cl2F3N3O3. The zero-order valence-corrected chi connectivity index (χ0v) is 21.8. The Hall–Kier alpha value is -3.04. The van der Waals surface area contributed by atoms with Crippen molar-refractivity contribution in [2.24, 2.45) is 5.92 Å². The van der Waals surface area contributed by atoms with Crippen LogP contribution in [0.25, 0.3) is 0 Å². The highest BCUT2D eigenvalue weighted by atomic mass is 35.5. The lowest BCUT2D eigenvalue weighted by Crippen LogP contribution is -2.34. The van der Waals surface area contributed by atoms with Gasteiger partial charge in [0.05, 0.1) is 23.7 Å². The fraction of sp³-hybridized carbons (Fsp3) is 0.370. The van der Waals surface area contributed by atoms with Crippen LogP contribution in [0.4, 0.5) is 13.2 Å². The van der Waals surface area contributed by atoms with Crippen LogP contribution in [0.15, 0.2) is 54.7 Å². The maximum Gasteiger partial charge on any atom is 0.433 e. The third-order valence-corrected chi connectivity index (χ3v) is 7.49. The van der Waals surface area contributed by atoms with Crippen molar-refractivity contribution in [3.8, 4) is 0 Å². The number of halogens is 5. The standard InChI is InChI=1S/C27H26Cl2F3N3O3/c28-20-9-5-17(6-10-20)16-34(14-13-18-3-1-2-4-23(18)29)25(36)22-15-33-35(24(22)27(30,31)32)21-11-7-19(8-12-21)26(37)38/h1-6,9-10,15,19,21H,7-8,11-14,16H2,(H,37,38)/t19-,21-. The summed E-state index contributed by atoms with van der Waals surface area (Å²) >= 11 is 12.2. The molecule has 11 heteroatoms. The number of hydrogen-bond acceptors (Lipinski definition) is 3. The Kier molecular flexibility index (Phi) is 8.67. The van der Waals surface area contributed by atoms with E-state index in [0.717, 1.165) is 16.4 Å². The lowest BCUT2D eigenvalue weighted by atomic mass is 9.86. The third kappa shape index (κ3) is 6.50. The predicted molar refractivity (Wildman–Crippen MR) is 137 cm³/mol. The van der Waals surface area contributed by atoms with Crippen LogP contribution in [-0.4, -0.2) is 38.2 Å². The number of aliphatic carboxylic acids is 1. The Labute approximate surface area is 228 Å². The lowest BCUT2D eigenvalue weighted by molar-refractivity contribution is -0.147. The number of carbonyl (C=O) groups is 2. The largest absolute Gasteiger partial charge is 0.481 e. The van der Waals surface area contributed by atoms with Crippen molar-refractivity contribution in [2.45, 2.75) is 50.9 Å². The molecule has 0 spiro atoms. The summed E-state index contributed by atoms with van der Waals surface area (Å²) < 4.78 is 43.9. The van der Waals surface area contributed by atoms with Gasteiger partial charge in [-0.05, 0) is 61.4 Å². The average Bonchev–Trinajstić information content (AvgIpc) is 3.34. The Balaban J connectivity index is 1.64. The number of amides is 1. The maximum absolute atomic E-state index is 14.3. The van der Waals surface area contributed by atoms with Gasteiger partial charge >= 0.3 is 12.1 Å². The van der Waals surface area contributed by atoms with E-state index in [-0.39, 0.29) is 38.8 Å². The number of carbonyl (C=O) groups excluding carboxylic acids is 1. The van der Waals surface area contributed by atoms with E-state index in [1.807, 2.05) is 0 Å². The highest BCUT2D eigenvalue weighted by molar-refractivity contribution is 6.31. The first-order chi connectivity index (χ1) is 18.0. The maximum atomic E-state index is 14.3. The molecule has 0 atom stereocenters. The van der Waals surface area contributed by atoms with Crippen molar-refractivity contribution in [1.82, 2.24) is 14.7 Å². The first-order valence-corrected chi connectivity index (χ1v) is 12.9. The summed E-state index contributed by atoms with van der Waals surface area (Å²) in [4.78, 5) is 26.3. The van der Waals surface area contributed by atoms with Gasteiger partial charge in [-0.25, -0.2) is 0 Å². The number of aromatic nitrogens is 2. The predicted octanol–water partition coefficient (Wildman–Crippen LogP) is 6.91. The second-order valence-corrected chi connectivity index (χ2v) is 10.2. The lowest BCUT2D eigenvalue weighted by Gasteiger charge is -2.28. The number of carboxylic acids is 1. The molecule has 1 aliphatic rings. The van der Waals surface area contributed by atoms with Gasteiger partial charge in [0.2, 0.25) is 0 Å². The molecular weight excluding hydrogens is 542 g/mol. The zero-order chi connectivity index (χ0) is 27.4. The Morgan fingerprint density at radius 3 is 2.29 bits per heavy atom. The summed E-state index contributed by atoms with van der Waals surface area (Å²) in [6.45, 7) is 0.185. The zero-order valence-electron chi connectivity index (χ0n) is 20.3. The van der Waals surface area contributed by atoms with Gasteiger partial charge in [-0.2, -0.15) is 18.3 Å². The molecule has 4 rings (SSSR count). The van der Waals surface area contributed by atoms with Crippen LogP contribution < -0.4 is 0 Å². The van der Waals surface area contributed by atoms with Gasteiger partial charge < -0.3 is 10.0 Å². The first kappa shape index (κ1) is 28.0. The summed E-state index contributed by atoms with van der Waals surface area (Å²) in [5, 5.41) is 14.2. The fourth-order valence-corrected chi connectivity index (χ4v) is 5.19. The molecule has 0 saturated heterocycles. The molecule has 2 aromatic carbocycles. The van der Waals surface area contributed by atoms with Crippen LogP contribution in [0.3, 0.4) is 0 Å². The van der Waals surface area contributed by atoms with E-state index in [1.165, 1.54) is 4.90 Å². The molecule has 0 bridgehead atoms. The number of rotatable bonds is 8. The molecule has 1 heterocycles. The van der Waals surface area contributed by atoms with E-state index in [9.17, 15) is 27.9 Å². The molecule has 1 saturated carbocycles. The number of nitrogens with zero attached hydrogens (tertiary/aromatic N) is 3. The molecule has 0 unspecified atom stereocenters. The van der Waals surface area contributed by atoms with Crippen molar-refractivity contribution >= 4 is 35.1 Å². The smallest absolute Gasteiger partial charge is 0.433 e. The second-order valence-electron chi connectivity index (χ2n) is 9.39. The van der Waals surface area contributed by atoms with Crippen molar-refractivity contribution in [2.75, 3.05) is 6.54 Å². The molecule has 0 radical (unpaired) electrons. The van der Waals surface area contributed by atoms with Crippen LogP contribution in [0.5, 0.6) is 0 Å². The summed E-state index contributed by atoms with van der Waals surface area (Å²) in [5.74, 6) is -2.34. The highest BCUT2D eigenvalue weighted by Gasteiger charge is 2.43. The van der Waals surface area contributed by atoms with E-state index in [0.29, 0.717) is 22.0 Å². The summed E-state index contributed by atoms with van der Waals surface area (Å²) in [7, 11) is 0. The minimum Gasteiger partial charge on any atom is -0.481 e. The van der Waals surface area contributed by atoms with E-state index >= 15 is 0 Å². The number of benzene rings is 2. The van der Waals surface area contributed by atoms with Gasteiger partial charge in [-0.15, -0.1) is 0 Å². The number of alkyl halides is 3. The van der Waals surface area contributed by atoms with Gasteiger partial charge in [-0.1, -0.05) is 53.5 Å². The van der Waals surface area contributed by atoms with E-state index in [2.05, 4.69) is 5.10 Å². The Morgan fingerprint density at radius 1 is 1.03 bits per heavy atom. The topological polar surface area (TPSA) is 75.4 Å². The first-order valence-electron chi connectivity index (χ1n) is 12.2. The number of carboxylic acid groups (broad SMARTS) is 1. The van der Waals surface area contributed by atoms with E-state index in [1.54, 1.807) is 48.5 Å². The Morgan fingerprint density at radius 2 is 1.68 bits per heavy atom. The van der Waals surface area contributed by atoms with Crippen LogP contribution in [-0.2, 0) is 23.9 Å².